The van der Waals surface area contributed by atoms with Gasteiger partial charge in [-0.25, -0.2) is 9.97 Å². The molecule has 26 heavy (non-hydrogen) atoms. The molecular weight excluding hydrogens is 351 g/mol. The number of anilines is 3. The summed E-state index contributed by atoms with van der Waals surface area (Å²) in [6.45, 7) is 1.69. The lowest BCUT2D eigenvalue weighted by atomic mass is 10.2. The van der Waals surface area contributed by atoms with Gasteiger partial charge in [0.1, 0.15) is 5.76 Å². The van der Waals surface area contributed by atoms with Gasteiger partial charge in [-0.1, -0.05) is 5.16 Å². The van der Waals surface area contributed by atoms with Crippen LogP contribution in [0.15, 0.2) is 47.2 Å². The Morgan fingerprint density at radius 1 is 1.12 bits per heavy atom. The molecule has 0 aliphatic carbocycles. The summed E-state index contributed by atoms with van der Waals surface area (Å²) in [4.78, 5) is 20.0. The van der Waals surface area contributed by atoms with Crippen LogP contribution in [0.1, 0.15) is 21.7 Å². The minimum Gasteiger partial charge on any atom is -0.360 e. The SMILES string of the molecule is Cc1cc(NC(=O)c2cnc(Nc3ccc(C(F)(F)F)cc3)nc2)no1. The zero-order chi connectivity index (χ0) is 18.7. The molecule has 0 bridgehead atoms. The van der Waals surface area contributed by atoms with E-state index in [1.807, 2.05) is 0 Å². The molecule has 0 fully saturated rings. The second-order valence-electron chi connectivity index (χ2n) is 5.27. The molecule has 2 aromatic heterocycles. The fourth-order valence-electron chi connectivity index (χ4n) is 2.00. The van der Waals surface area contributed by atoms with Gasteiger partial charge in [-0.05, 0) is 31.2 Å². The van der Waals surface area contributed by atoms with Gasteiger partial charge in [0, 0.05) is 24.1 Å². The van der Waals surface area contributed by atoms with Crippen molar-refractivity contribution >= 4 is 23.4 Å². The molecule has 1 aromatic carbocycles. The van der Waals surface area contributed by atoms with Gasteiger partial charge >= 0.3 is 6.18 Å². The molecular formula is C16H12F3N5O2. The number of halogens is 3. The topological polar surface area (TPSA) is 92.9 Å². The minimum absolute atomic E-state index is 0.138. The van der Waals surface area contributed by atoms with Crippen molar-refractivity contribution in [2.24, 2.45) is 0 Å². The number of nitrogens with one attached hydrogen (secondary N) is 2. The number of aromatic nitrogens is 3. The summed E-state index contributed by atoms with van der Waals surface area (Å²) < 4.78 is 42.4. The predicted molar refractivity (Wildman–Crippen MR) is 86.0 cm³/mol. The molecule has 0 aliphatic heterocycles. The lowest BCUT2D eigenvalue weighted by Gasteiger charge is -2.08. The lowest BCUT2D eigenvalue weighted by Crippen LogP contribution is -2.13. The van der Waals surface area contributed by atoms with Crippen molar-refractivity contribution in [2.75, 3.05) is 10.6 Å². The molecule has 0 radical (unpaired) electrons. The maximum absolute atomic E-state index is 12.5. The molecule has 134 valence electrons. The first-order valence-electron chi connectivity index (χ1n) is 7.32. The summed E-state index contributed by atoms with van der Waals surface area (Å²) in [6, 6.07) is 5.98. The third kappa shape index (κ3) is 4.15. The van der Waals surface area contributed by atoms with Gasteiger partial charge in [0.25, 0.3) is 5.91 Å². The fraction of sp³-hybridized carbons (Fsp3) is 0.125. The van der Waals surface area contributed by atoms with E-state index in [0.29, 0.717) is 11.4 Å². The zero-order valence-corrected chi connectivity index (χ0v) is 13.3. The average molecular weight is 363 g/mol. The fourth-order valence-corrected chi connectivity index (χ4v) is 2.00. The number of nitrogens with zero attached hydrogens (tertiary/aromatic N) is 3. The van der Waals surface area contributed by atoms with Crippen molar-refractivity contribution in [1.82, 2.24) is 15.1 Å². The second-order valence-corrected chi connectivity index (χ2v) is 5.27. The minimum atomic E-state index is -4.40. The Morgan fingerprint density at radius 2 is 1.77 bits per heavy atom. The van der Waals surface area contributed by atoms with Gasteiger partial charge in [0.2, 0.25) is 5.95 Å². The molecule has 7 nitrogen and oxygen atoms in total. The zero-order valence-electron chi connectivity index (χ0n) is 13.3. The molecule has 0 saturated carbocycles. The van der Waals surface area contributed by atoms with E-state index in [1.165, 1.54) is 24.5 Å². The van der Waals surface area contributed by atoms with Crippen molar-refractivity contribution in [3.05, 3.63) is 59.6 Å². The van der Waals surface area contributed by atoms with Crippen LogP contribution in [0.25, 0.3) is 0 Å². The highest BCUT2D eigenvalue weighted by atomic mass is 19.4. The second kappa shape index (κ2) is 6.82. The van der Waals surface area contributed by atoms with E-state index >= 15 is 0 Å². The highest BCUT2D eigenvalue weighted by Gasteiger charge is 2.29. The molecule has 0 aliphatic rings. The van der Waals surface area contributed by atoms with Crippen LogP contribution in [-0.4, -0.2) is 21.0 Å². The number of carbonyl (C=O) groups excluding carboxylic acids is 1. The van der Waals surface area contributed by atoms with Crippen LogP contribution in [0.4, 0.5) is 30.6 Å². The lowest BCUT2D eigenvalue weighted by molar-refractivity contribution is -0.137. The summed E-state index contributed by atoms with van der Waals surface area (Å²) in [5.41, 5.74) is -0.184. The Balaban J connectivity index is 1.65. The van der Waals surface area contributed by atoms with E-state index in [1.54, 1.807) is 13.0 Å². The molecule has 3 rings (SSSR count). The van der Waals surface area contributed by atoms with E-state index in [4.69, 9.17) is 4.52 Å². The molecule has 2 N–H and O–H groups in total. The van der Waals surface area contributed by atoms with Crippen LogP contribution in [0.5, 0.6) is 0 Å². The first-order valence-corrected chi connectivity index (χ1v) is 7.32. The maximum Gasteiger partial charge on any atom is 0.416 e. The molecule has 0 atom stereocenters. The van der Waals surface area contributed by atoms with Gasteiger partial charge in [0.05, 0.1) is 11.1 Å². The number of hydrogen-bond acceptors (Lipinski definition) is 6. The number of alkyl halides is 3. The Labute approximate surface area is 145 Å². The van der Waals surface area contributed by atoms with Crippen LogP contribution in [-0.2, 0) is 6.18 Å². The van der Waals surface area contributed by atoms with Gasteiger partial charge < -0.3 is 15.2 Å². The first kappa shape index (κ1) is 17.4. The summed E-state index contributed by atoms with van der Waals surface area (Å²) in [7, 11) is 0. The van der Waals surface area contributed by atoms with Gasteiger partial charge in [-0.15, -0.1) is 0 Å². The highest BCUT2D eigenvalue weighted by molar-refractivity contribution is 6.03. The van der Waals surface area contributed by atoms with E-state index < -0.39 is 17.6 Å². The number of hydrogen-bond donors (Lipinski definition) is 2. The summed E-state index contributed by atoms with van der Waals surface area (Å²) in [5.74, 6) is 0.477. The predicted octanol–water partition coefficient (Wildman–Crippen LogP) is 3.79. The number of benzene rings is 1. The maximum atomic E-state index is 12.5. The number of rotatable bonds is 4. The standard InChI is InChI=1S/C16H12F3N5O2/c1-9-6-13(24-26-9)23-14(25)10-7-20-15(21-8-10)22-12-4-2-11(3-5-12)16(17,18)19/h2-8H,1H3,(H,20,21,22)(H,23,24,25). The van der Waals surface area contributed by atoms with Gasteiger partial charge in [-0.2, -0.15) is 13.2 Å². The third-order valence-corrected chi connectivity index (χ3v) is 3.25. The Hall–Kier alpha value is -3.43. The van der Waals surface area contributed by atoms with E-state index in [0.717, 1.165) is 12.1 Å². The molecule has 0 spiro atoms. The smallest absolute Gasteiger partial charge is 0.360 e. The molecule has 0 saturated heterocycles. The Bertz CT molecular complexity index is 905. The number of carbonyl (C=O) groups is 1. The molecule has 3 aromatic rings. The van der Waals surface area contributed by atoms with Crippen molar-refractivity contribution in [1.29, 1.82) is 0 Å². The normalized spacial score (nSPS) is 11.2. The number of aryl methyl sites for hydroxylation is 1. The summed E-state index contributed by atoms with van der Waals surface area (Å²) >= 11 is 0. The van der Waals surface area contributed by atoms with Crippen LogP contribution in [0.3, 0.4) is 0 Å². The van der Waals surface area contributed by atoms with Crippen molar-refractivity contribution in [2.45, 2.75) is 13.1 Å². The highest BCUT2D eigenvalue weighted by Crippen LogP contribution is 2.30. The summed E-state index contributed by atoms with van der Waals surface area (Å²) in [5, 5.41) is 8.91. The van der Waals surface area contributed by atoms with Crippen molar-refractivity contribution in [3.8, 4) is 0 Å². The van der Waals surface area contributed by atoms with Crippen molar-refractivity contribution < 1.29 is 22.5 Å². The Kier molecular flexibility index (Phi) is 4.57. The third-order valence-electron chi connectivity index (χ3n) is 3.25. The molecule has 2 heterocycles. The van der Waals surface area contributed by atoms with Crippen LogP contribution < -0.4 is 10.6 Å². The van der Waals surface area contributed by atoms with E-state index in [-0.39, 0.29) is 17.3 Å². The summed E-state index contributed by atoms with van der Waals surface area (Å²) in [6.07, 6.45) is -1.84. The van der Waals surface area contributed by atoms with Crippen LogP contribution >= 0.6 is 0 Å². The largest absolute Gasteiger partial charge is 0.416 e. The van der Waals surface area contributed by atoms with Crippen LogP contribution in [0.2, 0.25) is 0 Å². The monoisotopic (exact) mass is 363 g/mol. The van der Waals surface area contributed by atoms with Crippen molar-refractivity contribution in [3.63, 3.8) is 0 Å². The Morgan fingerprint density at radius 3 is 2.31 bits per heavy atom. The van der Waals surface area contributed by atoms with Gasteiger partial charge in [0.15, 0.2) is 5.82 Å². The van der Waals surface area contributed by atoms with E-state index in [9.17, 15) is 18.0 Å². The molecule has 1 amide bonds. The first-order chi connectivity index (χ1) is 12.3. The van der Waals surface area contributed by atoms with Crippen LogP contribution in [0, 0.1) is 6.92 Å². The number of amides is 1. The van der Waals surface area contributed by atoms with E-state index in [2.05, 4.69) is 25.8 Å². The quantitative estimate of drug-likeness (QED) is 0.733. The van der Waals surface area contributed by atoms with Gasteiger partial charge in [-0.3, -0.25) is 4.79 Å². The molecule has 10 heteroatoms. The molecule has 0 unspecified atom stereocenters. The average Bonchev–Trinajstić information content (AvgIpc) is 3.00.